The number of halogens is 1. The van der Waals surface area contributed by atoms with Crippen molar-refractivity contribution in [3.8, 4) is 5.75 Å². The summed E-state index contributed by atoms with van der Waals surface area (Å²) < 4.78 is 5.11. The SMILES string of the molecule is COc1cccc(C(=O)NC2CCC(Cl)CC2)c1. The molecule has 0 unspecified atom stereocenters. The predicted octanol–water partition coefficient (Wildman–Crippen LogP) is 2.98. The fourth-order valence-corrected chi connectivity index (χ4v) is 2.48. The first-order chi connectivity index (χ1) is 8.69. The Bertz CT molecular complexity index is 414. The Labute approximate surface area is 112 Å². The first-order valence-corrected chi connectivity index (χ1v) is 6.71. The number of ether oxygens (including phenoxy) is 1. The van der Waals surface area contributed by atoms with E-state index in [9.17, 15) is 4.79 Å². The fraction of sp³-hybridized carbons (Fsp3) is 0.500. The maximum absolute atomic E-state index is 12.1. The molecule has 1 aromatic rings. The van der Waals surface area contributed by atoms with Crippen LogP contribution in [-0.4, -0.2) is 24.4 Å². The lowest BCUT2D eigenvalue weighted by molar-refractivity contribution is 0.0927. The molecule has 0 spiro atoms. The molecule has 3 nitrogen and oxygen atoms in total. The third kappa shape index (κ3) is 3.39. The van der Waals surface area contributed by atoms with Gasteiger partial charge in [0, 0.05) is 17.0 Å². The van der Waals surface area contributed by atoms with Crippen LogP contribution in [0.5, 0.6) is 5.75 Å². The number of benzene rings is 1. The van der Waals surface area contributed by atoms with Gasteiger partial charge in [-0.2, -0.15) is 0 Å². The smallest absolute Gasteiger partial charge is 0.251 e. The van der Waals surface area contributed by atoms with E-state index in [2.05, 4.69) is 5.32 Å². The first kappa shape index (κ1) is 13.2. The topological polar surface area (TPSA) is 38.3 Å². The summed E-state index contributed by atoms with van der Waals surface area (Å²) in [6.07, 6.45) is 3.88. The Balaban J connectivity index is 1.94. The highest BCUT2D eigenvalue weighted by atomic mass is 35.5. The molecule has 0 bridgehead atoms. The standard InChI is InChI=1S/C14H18ClNO2/c1-18-13-4-2-3-10(9-13)14(17)16-12-7-5-11(15)6-8-12/h2-4,9,11-12H,5-8H2,1H3,(H,16,17). The number of hydrogen-bond donors (Lipinski definition) is 1. The minimum Gasteiger partial charge on any atom is -0.497 e. The molecule has 0 aromatic heterocycles. The first-order valence-electron chi connectivity index (χ1n) is 6.28. The van der Waals surface area contributed by atoms with Crippen molar-refractivity contribution < 1.29 is 9.53 Å². The Kier molecular flexibility index (Phi) is 4.48. The molecule has 0 heterocycles. The second kappa shape index (κ2) is 6.10. The Morgan fingerprint density at radius 1 is 1.33 bits per heavy atom. The second-order valence-electron chi connectivity index (χ2n) is 4.65. The summed E-state index contributed by atoms with van der Waals surface area (Å²) in [5, 5.41) is 3.33. The average Bonchev–Trinajstić information content (AvgIpc) is 2.41. The minimum atomic E-state index is -0.0353. The summed E-state index contributed by atoms with van der Waals surface area (Å²) >= 11 is 6.05. The molecule has 0 radical (unpaired) electrons. The lowest BCUT2D eigenvalue weighted by Gasteiger charge is -2.25. The third-order valence-electron chi connectivity index (χ3n) is 3.32. The largest absolute Gasteiger partial charge is 0.497 e. The zero-order chi connectivity index (χ0) is 13.0. The molecule has 1 fully saturated rings. The lowest BCUT2D eigenvalue weighted by Crippen LogP contribution is -2.37. The zero-order valence-corrected chi connectivity index (χ0v) is 11.2. The summed E-state index contributed by atoms with van der Waals surface area (Å²) in [7, 11) is 1.60. The third-order valence-corrected chi connectivity index (χ3v) is 3.76. The van der Waals surface area contributed by atoms with E-state index in [0.29, 0.717) is 11.3 Å². The highest BCUT2D eigenvalue weighted by molar-refractivity contribution is 6.20. The van der Waals surface area contributed by atoms with Crippen LogP contribution in [0.3, 0.4) is 0 Å². The molecule has 1 amide bonds. The summed E-state index contributed by atoms with van der Waals surface area (Å²) in [5.41, 5.74) is 0.641. The van der Waals surface area contributed by atoms with E-state index >= 15 is 0 Å². The van der Waals surface area contributed by atoms with Crippen LogP contribution >= 0.6 is 11.6 Å². The minimum absolute atomic E-state index is 0.0353. The van der Waals surface area contributed by atoms with Gasteiger partial charge in [0.15, 0.2) is 0 Å². The van der Waals surface area contributed by atoms with E-state index in [1.807, 2.05) is 12.1 Å². The molecule has 1 aliphatic rings. The molecular weight excluding hydrogens is 250 g/mol. The number of rotatable bonds is 3. The Morgan fingerprint density at radius 2 is 2.06 bits per heavy atom. The summed E-state index contributed by atoms with van der Waals surface area (Å²) in [6, 6.07) is 7.45. The van der Waals surface area contributed by atoms with Crippen LogP contribution < -0.4 is 10.1 Å². The van der Waals surface area contributed by atoms with Crippen LogP contribution in [0.4, 0.5) is 0 Å². The van der Waals surface area contributed by atoms with Crippen molar-refractivity contribution in [1.82, 2.24) is 5.32 Å². The van der Waals surface area contributed by atoms with Crippen LogP contribution in [0.2, 0.25) is 0 Å². The van der Waals surface area contributed by atoms with E-state index in [0.717, 1.165) is 25.7 Å². The molecular formula is C14H18ClNO2. The molecule has 98 valence electrons. The van der Waals surface area contributed by atoms with Crippen molar-refractivity contribution in [3.05, 3.63) is 29.8 Å². The van der Waals surface area contributed by atoms with Crippen molar-refractivity contribution in [1.29, 1.82) is 0 Å². The molecule has 0 aliphatic heterocycles. The van der Waals surface area contributed by atoms with Crippen molar-refractivity contribution in [2.45, 2.75) is 37.1 Å². The number of methoxy groups -OCH3 is 1. The number of carbonyl (C=O) groups excluding carboxylic acids is 1. The van der Waals surface area contributed by atoms with E-state index < -0.39 is 0 Å². The van der Waals surface area contributed by atoms with Gasteiger partial charge in [-0.25, -0.2) is 0 Å². The van der Waals surface area contributed by atoms with Gasteiger partial charge in [0.2, 0.25) is 0 Å². The number of amides is 1. The van der Waals surface area contributed by atoms with Gasteiger partial charge in [0.25, 0.3) is 5.91 Å². The second-order valence-corrected chi connectivity index (χ2v) is 5.27. The highest BCUT2D eigenvalue weighted by Crippen LogP contribution is 2.23. The van der Waals surface area contributed by atoms with Crippen molar-refractivity contribution in [2.24, 2.45) is 0 Å². The lowest BCUT2D eigenvalue weighted by atomic mass is 9.95. The van der Waals surface area contributed by atoms with Gasteiger partial charge >= 0.3 is 0 Å². The Hall–Kier alpha value is -1.22. The molecule has 4 heteroatoms. The zero-order valence-electron chi connectivity index (χ0n) is 10.5. The van der Waals surface area contributed by atoms with Gasteiger partial charge in [-0.1, -0.05) is 6.07 Å². The van der Waals surface area contributed by atoms with E-state index in [1.54, 1.807) is 19.2 Å². The fourth-order valence-electron chi connectivity index (χ4n) is 2.23. The van der Waals surface area contributed by atoms with Crippen LogP contribution in [0, 0.1) is 0 Å². The van der Waals surface area contributed by atoms with Gasteiger partial charge in [-0.15, -0.1) is 11.6 Å². The maximum atomic E-state index is 12.1. The number of hydrogen-bond acceptors (Lipinski definition) is 2. The quantitative estimate of drug-likeness (QED) is 0.855. The summed E-state index contributed by atoms with van der Waals surface area (Å²) in [4.78, 5) is 12.1. The van der Waals surface area contributed by atoms with Gasteiger partial charge in [0.1, 0.15) is 5.75 Å². The van der Waals surface area contributed by atoms with Crippen LogP contribution in [0.1, 0.15) is 36.0 Å². The number of alkyl halides is 1. The van der Waals surface area contributed by atoms with Crippen LogP contribution in [-0.2, 0) is 0 Å². The summed E-state index contributed by atoms with van der Waals surface area (Å²) in [6.45, 7) is 0. The highest BCUT2D eigenvalue weighted by Gasteiger charge is 2.21. The molecule has 0 saturated heterocycles. The van der Waals surface area contributed by atoms with Gasteiger partial charge in [-0.3, -0.25) is 4.79 Å². The number of nitrogens with one attached hydrogen (secondary N) is 1. The molecule has 18 heavy (non-hydrogen) atoms. The van der Waals surface area contributed by atoms with Gasteiger partial charge in [0.05, 0.1) is 7.11 Å². The van der Waals surface area contributed by atoms with Crippen LogP contribution in [0.15, 0.2) is 24.3 Å². The predicted molar refractivity (Wildman–Crippen MR) is 72.4 cm³/mol. The normalized spacial score (nSPS) is 23.4. The molecule has 0 atom stereocenters. The van der Waals surface area contributed by atoms with E-state index in [1.165, 1.54) is 0 Å². The monoisotopic (exact) mass is 267 g/mol. The molecule has 1 aromatic carbocycles. The van der Waals surface area contributed by atoms with Crippen molar-refractivity contribution >= 4 is 17.5 Å². The molecule has 1 N–H and O–H groups in total. The average molecular weight is 268 g/mol. The van der Waals surface area contributed by atoms with Gasteiger partial charge in [-0.05, 0) is 43.9 Å². The number of carbonyl (C=O) groups is 1. The van der Waals surface area contributed by atoms with Crippen molar-refractivity contribution in [2.75, 3.05) is 7.11 Å². The van der Waals surface area contributed by atoms with E-state index in [-0.39, 0.29) is 17.3 Å². The Morgan fingerprint density at radius 3 is 2.72 bits per heavy atom. The van der Waals surface area contributed by atoms with E-state index in [4.69, 9.17) is 16.3 Å². The summed E-state index contributed by atoms with van der Waals surface area (Å²) in [5.74, 6) is 0.666. The van der Waals surface area contributed by atoms with Crippen molar-refractivity contribution in [3.63, 3.8) is 0 Å². The molecule has 2 rings (SSSR count). The molecule has 1 saturated carbocycles. The maximum Gasteiger partial charge on any atom is 0.251 e. The molecule has 1 aliphatic carbocycles. The van der Waals surface area contributed by atoms with Gasteiger partial charge < -0.3 is 10.1 Å². The van der Waals surface area contributed by atoms with Crippen LogP contribution in [0.25, 0.3) is 0 Å².